The standard InChI is InChI=1S/C13H11BrO2/c1-16-13(15)7-9-2-3-11-8-12(14)5-4-10(11)6-9/h2-6,8H,7H2,1H3. The molecule has 0 N–H and O–H groups in total. The van der Waals surface area contributed by atoms with Crippen molar-refractivity contribution in [3.05, 3.63) is 46.4 Å². The first-order valence-electron chi connectivity index (χ1n) is 4.94. The number of carbonyl (C=O) groups excluding carboxylic acids is 1. The van der Waals surface area contributed by atoms with Gasteiger partial charge in [-0.3, -0.25) is 4.79 Å². The maximum Gasteiger partial charge on any atom is 0.309 e. The molecule has 0 aromatic heterocycles. The number of carbonyl (C=O) groups is 1. The molecule has 0 unspecified atom stereocenters. The van der Waals surface area contributed by atoms with Crippen LogP contribution in [0.2, 0.25) is 0 Å². The quantitative estimate of drug-likeness (QED) is 0.788. The molecule has 0 spiro atoms. The number of ether oxygens (including phenoxy) is 1. The summed E-state index contributed by atoms with van der Waals surface area (Å²) in [6, 6.07) is 12.0. The SMILES string of the molecule is COC(=O)Cc1ccc2cc(Br)ccc2c1. The smallest absolute Gasteiger partial charge is 0.309 e. The van der Waals surface area contributed by atoms with Crippen molar-refractivity contribution in [2.24, 2.45) is 0 Å². The minimum absolute atomic E-state index is 0.212. The van der Waals surface area contributed by atoms with Crippen LogP contribution in [0.4, 0.5) is 0 Å². The van der Waals surface area contributed by atoms with Crippen LogP contribution < -0.4 is 0 Å². The molecule has 2 rings (SSSR count). The number of rotatable bonds is 2. The fourth-order valence-corrected chi connectivity index (χ4v) is 1.99. The number of esters is 1. The molecule has 0 radical (unpaired) electrons. The number of methoxy groups -OCH3 is 1. The number of benzene rings is 2. The Balaban J connectivity index is 2.37. The van der Waals surface area contributed by atoms with Crippen LogP contribution in [-0.2, 0) is 16.0 Å². The topological polar surface area (TPSA) is 26.3 Å². The van der Waals surface area contributed by atoms with Crippen LogP contribution in [0.1, 0.15) is 5.56 Å². The third kappa shape index (κ3) is 2.42. The molecule has 2 aromatic rings. The highest BCUT2D eigenvalue weighted by molar-refractivity contribution is 9.10. The van der Waals surface area contributed by atoms with Crippen molar-refractivity contribution in [2.45, 2.75) is 6.42 Å². The minimum atomic E-state index is -0.212. The fourth-order valence-electron chi connectivity index (χ4n) is 1.61. The van der Waals surface area contributed by atoms with Gasteiger partial charge >= 0.3 is 5.97 Å². The highest BCUT2D eigenvalue weighted by Gasteiger charge is 2.03. The Morgan fingerprint density at radius 1 is 1.19 bits per heavy atom. The second-order valence-electron chi connectivity index (χ2n) is 3.58. The van der Waals surface area contributed by atoms with E-state index in [0.29, 0.717) is 6.42 Å². The lowest BCUT2D eigenvalue weighted by molar-refractivity contribution is -0.139. The first kappa shape index (κ1) is 11.1. The van der Waals surface area contributed by atoms with Crippen molar-refractivity contribution in [2.75, 3.05) is 7.11 Å². The van der Waals surface area contributed by atoms with Gasteiger partial charge in [0, 0.05) is 4.47 Å². The van der Waals surface area contributed by atoms with Gasteiger partial charge in [-0.05, 0) is 28.5 Å². The van der Waals surface area contributed by atoms with Crippen LogP contribution >= 0.6 is 15.9 Å². The predicted molar refractivity (Wildman–Crippen MR) is 67.4 cm³/mol. The fraction of sp³-hybridized carbons (Fsp3) is 0.154. The van der Waals surface area contributed by atoms with E-state index in [0.717, 1.165) is 20.8 Å². The van der Waals surface area contributed by atoms with E-state index in [4.69, 9.17) is 0 Å². The molecule has 0 fully saturated rings. The van der Waals surface area contributed by atoms with Gasteiger partial charge in [0.1, 0.15) is 0 Å². The second kappa shape index (κ2) is 4.66. The number of hydrogen-bond donors (Lipinski definition) is 0. The third-order valence-corrected chi connectivity index (χ3v) is 2.94. The van der Waals surface area contributed by atoms with Crippen LogP contribution in [-0.4, -0.2) is 13.1 Å². The molecule has 0 amide bonds. The van der Waals surface area contributed by atoms with Gasteiger partial charge in [0.2, 0.25) is 0 Å². The average Bonchev–Trinajstić information content (AvgIpc) is 2.29. The molecule has 0 atom stereocenters. The van der Waals surface area contributed by atoms with E-state index in [2.05, 4.69) is 26.7 Å². The van der Waals surface area contributed by atoms with Gasteiger partial charge in [-0.15, -0.1) is 0 Å². The molecule has 0 saturated carbocycles. The largest absolute Gasteiger partial charge is 0.469 e. The zero-order valence-corrected chi connectivity index (χ0v) is 10.5. The summed E-state index contributed by atoms with van der Waals surface area (Å²) in [7, 11) is 1.40. The zero-order valence-electron chi connectivity index (χ0n) is 8.87. The van der Waals surface area contributed by atoms with Crippen LogP contribution in [0, 0.1) is 0 Å². The van der Waals surface area contributed by atoms with Crippen LogP contribution in [0.15, 0.2) is 40.9 Å². The van der Waals surface area contributed by atoms with Gasteiger partial charge in [-0.1, -0.05) is 40.2 Å². The van der Waals surface area contributed by atoms with E-state index >= 15 is 0 Å². The normalized spacial score (nSPS) is 10.4. The predicted octanol–water partition coefficient (Wildman–Crippen LogP) is 3.32. The Kier molecular flexibility index (Phi) is 3.25. The summed E-state index contributed by atoms with van der Waals surface area (Å²) in [5.41, 5.74) is 0.974. The molecule has 0 aliphatic carbocycles. The summed E-state index contributed by atoms with van der Waals surface area (Å²) in [6.07, 6.45) is 0.322. The van der Waals surface area contributed by atoms with Crippen molar-refractivity contribution < 1.29 is 9.53 Å². The van der Waals surface area contributed by atoms with E-state index < -0.39 is 0 Å². The summed E-state index contributed by atoms with van der Waals surface area (Å²) in [6.45, 7) is 0. The van der Waals surface area contributed by atoms with Crippen LogP contribution in [0.3, 0.4) is 0 Å². The number of hydrogen-bond acceptors (Lipinski definition) is 2. The second-order valence-corrected chi connectivity index (χ2v) is 4.49. The van der Waals surface area contributed by atoms with Crippen LogP contribution in [0.25, 0.3) is 10.8 Å². The molecule has 82 valence electrons. The monoisotopic (exact) mass is 278 g/mol. The molecule has 0 bridgehead atoms. The first-order chi connectivity index (χ1) is 7.69. The van der Waals surface area contributed by atoms with E-state index in [1.165, 1.54) is 7.11 Å². The number of fused-ring (bicyclic) bond motifs is 1. The van der Waals surface area contributed by atoms with Crippen molar-refractivity contribution >= 4 is 32.7 Å². The molecule has 2 aromatic carbocycles. The Morgan fingerprint density at radius 2 is 1.88 bits per heavy atom. The van der Waals surface area contributed by atoms with Crippen LogP contribution in [0.5, 0.6) is 0 Å². The van der Waals surface area contributed by atoms with Gasteiger partial charge in [-0.25, -0.2) is 0 Å². The molecule has 0 heterocycles. The van der Waals surface area contributed by atoms with Gasteiger partial charge < -0.3 is 4.74 Å². The maximum atomic E-state index is 11.1. The van der Waals surface area contributed by atoms with E-state index in [1.54, 1.807) is 0 Å². The van der Waals surface area contributed by atoms with Crippen molar-refractivity contribution in [3.8, 4) is 0 Å². The van der Waals surface area contributed by atoms with Gasteiger partial charge in [0.25, 0.3) is 0 Å². The van der Waals surface area contributed by atoms with E-state index in [1.807, 2.05) is 30.3 Å². The molecule has 0 saturated heterocycles. The van der Waals surface area contributed by atoms with Crippen molar-refractivity contribution in [1.82, 2.24) is 0 Å². The van der Waals surface area contributed by atoms with Gasteiger partial charge in [-0.2, -0.15) is 0 Å². The highest BCUT2D eigenvalue weighted by Crippen LogP contribution is 2.21. The zero-order chi connectivity index (χ0) is 11.5. The maximum absolute atomic E-state index is 11.1. The molecule has 0 aliphatic heterocycles. The molecular weight excluding hydrogens is 268 g/mol. The lowest BCUT2D eigenvalue weighted by atomic mass is 10.1. The molecular formula is C13H11BrO2. The Hall–Kier alpha value is -1.35. The lowest BCUT2D eigenvalue weighted by Crippen LogP contribution is -2.04. The number of halogens is 1. The molecule has 16 heavy (non-hydrogen) atoms. The summed E-state index contributed by atoms with van der Waals surface area (Å²) >= 11 is 3.43. The van der Waals surface area contributed by atoms with E-state index in [-0.39, 0.29) is 5.97 Å². The molecule has 3 heteroatoms. The lowest BCUT2D eigenvalue weighted by Gasteiger charge is -2.03. The van der Waals surface area contributed by atoms with E-state index in [9.17, 15) is 4.79 Å². The minimum Gasteiger partial charge on any atom is -0.469 e. The Bertz CT molecular complexity index is 534. The van der Waals surface area contributed by atoms with Gasteiger partial charge in [0.15, 0.2) is 0 Å². The van der Waals surface area contributed by atoms with Crippen molar-refractivity contribution in [1.29, 1.82) is 0 Å². The summed E-state index contributed by atoms with van der Waals surface area (Å²) < 4.78 is 5.70. The highest BCUT2D eigenvalue weighted by atomic mass is 79.9. The summed E-state index contributed by atoms with van der Waals surface area (Å²) in [5, 5.41) is 2.28. The summed E-state index contributed by atoms with van der Waals surface area (Å²) in [5.74, 6) is -0.212. The van der Waals surface area contributed by atoms with Gasteiger partial charge in [0.05, 0.1) is 13.5 Å². The first-order valence-corrected chi connectivity index (χ1v) is 5.73. The Labute approximate surface area is 102 Å². The Morgan fingerprint density at radius 3 is 2.62 bits per heavy atom. The van der Waals surface area contributed by atoms with Crippen molar-refractivity contribution in [3.63, 3.8) is 0 Å². The molecule has 2 nitrogen and oxygen atoms in total. The average molecular weight is 279 g/mol. The third-order valence-electron chi connectivity index (χ3n) is 2.44. The molecule has 0 aliphatic rings. The summed E-state index contributed by atoms with van der Waals surface area (Å²) in [4.78, 5) is 11.1.